The minimum absolute atomic E-state index is 0.234. The second kappa shape index (κ2) is 5.36. The first kappa shape index (κ1) is 13.5. The number of aromatic carboxylic acids is 1. The number of hydrogen-bond donors (Lipinski definition) is 1. The second-order valence-electron chi connectivity index (χ2n) is 4.29. The monoisotopic (exact) mass is 274 g/mol. The molecule has 2 rings (SSSR count). The van der Waals surface area contributed by atoms with E-state index < -0.39 is 16.8 Å². The third kappa shape index (κ3) is 2.74. The van der Waals surface area contributed by atoms with E-state index in [-0.39, 0.29) is 5.56 Å². The molecule has 0 aliphatic heterocycles. The fourth-order valence-electron chi connectivity index (χ4n) is 1.99. The molecule has 2 aromatic rings. The van der Waals surface area contributed by atoms with Crippen LogP contribution in [0, 0.1) is 6.92 Å². The van der Waals surface area contributed by atoms with E-state index in [4.69, 9.17) is 5.11 Å². The van der Waals surface area contributed by atoms with Crippen molar-refractivity contribution in [3.05, 3.63) is 53.6 Å². The van der Waals surface area contributed by atoms with Crippen LogP contribution in [0.15, 0.2) is 47.4 Å². The molecule has 0 saturated carbocycles. The maximum Gasteiger partial charge on any atom is 0.335 e. The summed E-state index contributed by atoms with van der Waals surface area (Å²) < 4.78 is 11.8. The van der Waals surface area contributed by atoms with Crippen LogP contribution < -0.4 is 0 Å². The third-order valence-electron chi connectivity index (χ3n) is 2.97. The molecule has 0 aliphatic rings. The number of carbonyl (C=O) groups is 1. The molecule has 0 heterocycles. The number of carboxylic acids is 1. The SMILES string of the molecule is Cc1ccc(C(=O)O)cc1-c1ccccc1S(C)=O. The summed E-state index contributed by atoms with van der Waals surface area (Å²) in [6, 6.07) is 12.3. The molecular formula is C15H14O3S. The largest absolute Gasteiger partial charge is 0.478 e. The lowest BCUT2D eigenvalue weighted by molar-refractivity contribution is 0.0697. The maximum atomic E-state index is 11.8. The summed E-state index contributed by atoms with van der Waals surface area (Å²) in [6.07, 6.45) is 1.62. The van der Waals surface area contributed by atoms with Crippen molar-refractivity contribution >= 4 is 16.8 Å². The highest BCUT2D eigenvalue weighted by molar-refractivity contribution is 7.84. The van der Waals surface area contributed by atoms with Crippen LogP contribution in [0.4, 0.5) is 0 Å². The van der Waals surface area contributed by atoms with Crippen LogP contribution in [0.25, 0.3) is 11.1 Å². The van der Waals surface area contributed by atoms with Crippen molar-refractivity contribution in [2.45, 2.75) is 11.8 Å². The summed E-state index contributed by atoms with van der Waals surface area (Å²) in [5.74, 6) is -0.962. The molecule has 0 aromatic heterocycles. The van der Waals surface area contributed by atoms with Gasteiger partial charge in [0.2, 0.25) is 0 Å². The zero-order valence-corrected chi connectivity index (χ0v) is 11.5. The van der Waals surface area contributed by atoms with Gasteiger partial charge in [-0.1, -0.05) is 24.3 Å². The van der Waals surface area contributed by atoms with E-state index in [1.165, 1.54) is 0 Å². The molecule has 0 spiro atoms. The van der Waals surface area contributed by atoms with Crippen molar-refractivity contribution in [1.82, 2.24) is 0 Å². The minimum atomic E-state index is -1.11. The van der Waals surface area contributed by atoms with Crippen LogP contribution in [0.1, 0.15) is 15.9 Å². The lowest BCUT2D eigenvalue weighted by atomic mass is 9.98. The molecule has 0 saturated heterocycles. The van der Waals surface area contributed by atoms with E-state index in [2.05, 4.69) is 0 Å². The fourth-order valence-corrected chi connectivity index (χ4v) is 2.74. The van der Waals surface area contributed by atoms with E-state index in [0.717, 1.165) is 16.7 Å². The van der Waals surface area contributed by atoms with Crippen LogP contribution >= 0.6 is 0 Å². The highest BCUT2D eigenvalue weighted by atomic mass is 32.2. The molecular weight excluding hydrogens is 260 g/mol. The summed E-state index contributed by atoms with van der Waals surface area (Å²) in [6.45, 7) is 1.91. The smallest absolute Gasteiger partial charge is 0.335 e. The molecule has 0 bridgehead atoms. The maximum absolute atomic E-state index is 11.8. The Kier molecular flexibility index (Phi) is 3.81. The standard InChI is InChI=1S/C15H14O3S/c1-10-7-8-11(15(16)17)9-13(10)12-5-3-4-6-14(12)19(2)18/h3-9H,1-2H3,(H,16,17). The zero-order chi connectivity index (χ0) is 14.0. The summed E-state index contributed by atoms with van der Waals surface area (Å²) >= 11 is 0. The quantitative estimate of drug-likeness (QED) is 0.935. The van der Waals surface area contributed by atoms with Gasteiger partial charge in [-0.2, -0.15) is 0 Å². The number of benzene rings is 2. The average Bonchev–Trinajstić information content (AvgIpc) is 2.39. The molecule has 1 unspecified atom stereocenters. The molecule has 4 heteroatoms. The summed E-state index contributed by atoms with van der Waals surface area (Å²) in [4.78, 5) is 11.8. The van der Waals surface area contributed by atoms with Gasteiger partial charge in [-0.3, -0.25) is 4.21 Å². The van der Waals surface area contributed by atoms with E-state index in [1.54, 1.807) is 30.5 Å². The molecule has 1 atom stereocenters. The highest BCUT2D eigenvalue weighted by Gasteiger charge is 2.12. The average molecular weight is 274 g/mol. The van der Waals surface area contributed by atoms with Crippen LogP contribution in [0.3, 0.4) is 0 Å². The van der Waals surface area contributed by atoms with Crippen molar-refractivity contribution < 1.29 is 14.1 Å². The molecule has 0 amide bonds. The molecule has 0 fully saturated rings. The minimum Gasteiger partial charge on any atom is -0.478 e. The molecule has 3 nitrogen and oxygen atoms in total. The first-order valence-corrected chi connectivity index (χ1v) is 7.33. The van der Waals surface area contributed by atoms with Gasteiger partial charge in [-0.25, -0.2) is 4.79 Å². The van der Waals surface area contributed by atoms with Gasteiger partial charge in [0.1, 0.15) is 0 Å². The summed E-state index contributed by atoms with van der Waals surface area (Å²) in [5, 5.41) is 9.07. The topological polar surface area (TPSA) is 54.4 Å². The van der Waals surface area contributed by atoms with Gasteiger partial charge in [0.25, 0.3) is 0 Å². The van der Waals surface area contributed by atoms with Crippen molar-refractivity contribution in [3.8, 4) is 11.1 Å². The second-order valence-corrected chi connectivity index (χ2v) is 5.63. The number of rotatable bonds is 3. The van der Waals surface area contributed by atoms with E-state index in [1.807, 2.05) is 25.1 Å². The van der Waals surface area contributed by atoms with Gasteiger partial charge in [-0.05, 0) is 41.8 Å². The highest BCUT2D eigenvalue weighted by Crippen LogP contribution is 2.29. The van der Waals surface area contributed by atoms with Gasteiger partial charge >= 0.3 is 5.97 Å². The summed E-state index contributed by atoms with van der Waals surface area (Å²) in [5.41, 5.74) is 2.83. The Morgan fingerprint density at radius 1 is 1.11 bits per heavy atom. The predicted molar refractivity (Wildman–Crippen MR) is 75.9 cm³/mol. The predicted octanol–water partition coefficient (Wildman–Crippen LogP) is 3.10. The Balaban J connectivity index is 2.68. The van der Waals surface area contributed by atoms with Gasteiger partial charge in [0, 0.05) is 11.2 Å². The lowest BCUT2D eigenvalue weighted by Gasteiger charge is -2.11. The van der Waals surface area contributed by atoms with Crippen LogP contribution in [-0.4, -0.2) is 21.5 Å². The van der Waals surface area contributed by atoms with E-state index in [0.29, 0.717) is 4.90 Å². The Labute approximate surface area is 114 Å². The third-order valence-corrected chi connectivity index (χ3v) is 3.95. The number of aryl methyl sites for hydroxylation is 1. The van der Waals surface area contributed by atoms with Gasteiger partial charge in [0.05, 0.1) is 16.4 Å². The molecule has 0 radical (unpaired) electrons. The first-order chi connectivity index (χ1) is 9.00. The normalized spacial score (nSPS) is 12.1. The van der Waals surface area contributed by atoms with Crippen molar-refractivity contribution in [2.75, 3.05) is 6.26 Å². The van der Waals surface area contributed by atoms with Gasteiger partial charge in [-0.15, -0.1) is 0 Å². The number of hydrogen-bond acceptors (Lipinski definition) is 2. The first-order valence-electron chi connectivity index (χ1n) is 5.77. The van der Waals surface area contributed by atoms with Crippen molar-refractivity contribution in [1.29, 1.82) is 0 Å². The molecule has 2 aromatic carbocycles. The zero-order valence-electron chi connectivity index (χ0n) is 10.7. The molecule has 0 aliphatic carbocycles. The lowest BCUT2D eigenvalue weighted by Crippen LogP contribution is -1.99. The van der Waals surface area contributed by atoms with E-state index in [9.17, 15) is 9.00 Å². The number of carboxylic acid groups (broad SMARTS) is 1. The van der Waals surface area contributed by atoms with E-state index >= 15 is 0 Å². The van der Waals surface area contributed by atoms with Crippen molar-refractivity contribution in [3.63, 3.8) is 0 Å². The Bertz CT molecular complexity index is 662. The molecule has 98 valence electrons. The molecule has 19 heavy (non-hydrogen) atoms. The van der Waals surface area contributed by atoms with Gasteiger partial charge in [0.15, 0.2) is 0 Å². The summed E-state index contributed by atoms with van der Waals surface area (Å²) in [7, 11) is -1.11. The van der Waals surface area contributed by atoms with Gasteiger partial charge < -0.3 is 5.11 Å². The van der Waals surface area contributed by atoms with Crippen LogP contribution in [0.5, 0.6) is 0 Å². The fraction of sp³-hybridized carbons (Fsp3) is 0.133. The van der Waals surface area contributed by atoms with Crippen LogP contribution in [-0.2, 0) is 10.8 Å². The Morgan fingerprint density at radius 3 is 2.42 bits per heavy atom. The Morgan fingerprint density at radius 2 is 1.79 bits per heavy atom. The molecule has 1 N–H and O–H groups in total. The van der Waals surface area contributed by atoms with Crippen molar-refractivity contribution in [2.24, 2.45) is 0 Å². The Hall–Kier alpha value is -1.94. The van der Waals surface area contributed by atoms with Crippen LogP contribution in [0.2, 0.25) is 0 Å².